The zero-order valence-electron chi connectivity index (χ0n) is 16.8. The Balaban J connectivity index is 0.00000364. The molecular weight excluding hydrogens is 453 g/mol. The first-order chi connectivity index (χ1) is 12.7. The molecule has 27 heavy (non-hydrogen) atoms. The fraction of sp³-hybridized carbons (Fsp3) is 0.500. The number of nitrogens with zero attached hydrogens (tertiary/aromatic N) is 3. The molecule has 0 aliphatic rings. The van der Waals surface area contributed by atoms with Crippen molar-refractivity contribution in [3.05, 3.63) is 52.8 Å². The molecule has 1 heterocycles. The molecule has 0 aliphatic heterocycles. The van der Waals surface area contributed by atoms with Gasteiger partial charge in [0.2, 0.25) is 0 Å². The lowest BCUT2D eigenvalue weighted by atomic mass is 10.1. The summed E-state index contributed by atoms with van der Waals surface area (Å²) in [5, 5.41) is 11.3. The average molecular weight is 485 g/mol. The predicted octanol–water partition coefficient (Wildman–Crippen LogP) is 3.06. The molecule has 150 valence electrons. The van der Waals surface area contributed by atoms with Crippen LogP contribution in [-0.4, -0.2) is 42.5 Å². The van der Waals surface area contributed by atoms with Gasteiger partial charge in [-0.15, -0.1) is 24.0 Å². The van der Waals surface area contributed by atoms with Crippen LogP contribution in [0.15, 0.2) is 35.3 Å². The van der Waals surface area contributed by atoms with E-state index in [0.717, 1.165) is 43.4 Å². The maximum atomic E-state index is 5.15. The molecular formula is C20H32IN5O. The van der Waals surface area contributed by atoms with Gasteiger partial charge < -0.3 is 15.4 Å². The Morgan fingerprint density at radius 3 is 2.59 bits per heavy atom. The molecule has 0 radical (unpaired) electrons. The second-order valence-electron chi connectivity index (χ2n) is 6.22. The Kier molecular flexibility index (Phi) is 11.0. The van der Waals surface area contributed by atoms with Crippen molar-refractivity contribution in [3.8, 4) is 0 Å². The molecule has 0 saturated heterocycles. The molecule has 0 atom stereocenters. The molecule has 0 fully saturated rings. The van der Waals surface area contributed by atoms with Crippen molar-refractivity contribution in [2.24, 2.45) is 4.99 Å². The molecule has 6 nitrogen and oxygen atoms in total. The number of guanidine groups is 1. The highest BCUT2D eigenvalue weighted by molar-refractivity contribution is 14.0. The van der Waals surface area contributed by atoms with E-state index in [9.17, 15) is 0 Å². The molecule has 0 spiro atoms. The van der Waals surface area contributed by atoms with Gasteiger partial charge in [-0.2, -0.15) is 5.10 Å². The molecule has 7 heteroatoms. The first kappa shape index (κ1) is 23.4. The molecule has 0 bridgehead atoms. The van der Waals surface area contributed by atoms with E-state index in [2.05, 4.69) is 53.8 Å². The molecule has 2 N–H and O–H groups in total. The first-order valence-corrected chi connectivity index (χ1v) is 9.23. The lowest BCUT2D eigenvalue weighted by molar-refractivity contribution is 0.182. The van der Waals surface area contributed by atoms with E-state index in [1.807, 2.05) is 17.7 Å². The molecule has 0 saturated carbocycles. The summed E-state index contributed by atoms with van der Waals surface area (Å²) in [4.78, 5) is 4.74. The van der Waals surface area contributed by atoms with Crippen LogP contribution in [-0.2, 0) is 24.2 Å². The van der Waals surface area contributed by atoms with Crippen LogP contribution in [0, 0.1) is 13.8 Å². The van der Waals surface area contributed by atoms with Crippen LogP contribution < -0.4 is 10.6 Å². The lowest BCUT2D eigenvalue weighted by Gasteiger charge is -2.11. The van der Waals surface area contributed by atoms with Crippen LogP contribution in [0.25, 0.3) is 0 Å². The minimum Gasteiger partial charge on any atom is -0.383 e. The summed E-state index contributed by atoms with van der Waals surface area (Å²) in [6.07, 6.45) is 0.970. The van der Waals surface area contributed by atoms with Gasteiger partial charge in [-0.05, 0) is 32.8 Å². The van der Waals surface area contributed by atoms with Gasteiger partial charge in [0.1, 0.15) is 0 Å². The number of ether oxygens (including phenoxy) is 1. The zero-order valence-corrected chi connectivity index (χ0v) is 19.1. The number of hydrogen-bond donors (Lipinski definition) is 2. The molecule has 1 aromatic carbocycles. The summed E-state index contributed by atoms with van der Waals surface area (Å²) in [6.45, 7) is 9.94. The molecule has 1 aromatic heterocycles. The van der Waals surface area contributed by atoms with Gasteiger partial charge in [0.05, 0.1) is 25.4 Å². The smallest absolute Gasteiger partial charge is 0.191 e. The van der Waals surface area contributed by atoms with Crippen LogP contribution in [0.4, 0.5) is 0 Å². The molecule has 2 rings (SSSR count). The first-order valence-electron chi connectivity index (χ1n) is 9.23. The van der Waals surface area contributed by atoms with Crippen molar-refractivity contribution in [1.82, 2.24) is 20.4 Å². The van der Waals surface area contributed by atoms with E-state index in [1.54, 1.807) is 7.11 Å². The van der Waals surface area contributed by atoms with E-state index in [-0.39, 0.29) is 24.0 Å². The van der Waals surface area contributed by atoms with Crippen molar-refractivity contribution >= 4 is 29.9 Å². The lowest BCUT2D eigenvalue weighted by Crippen LogP contribution is -2.38. The van der Waals surface area contributed by atoms with Crippen molar-refractivity contribution in [1.29, 1.82) is 0 Å². The maximum absolute atomic E-state index is 5.15. The molecule has 2 aromatic rings. The van der Waals surface area contributed by atoms with E-state index < -0.39 is 0 Å². The largest absolute Gasteiger partial charge is 0.383 e. The Morgan fingerprint density at radius 2 is 1.93 bits per heavy atom. The summed E-state index contributed by atoms with van der Waals surface area (Å²) < 4.78 is 7.15. The van der Waals surface area contributed by atoms with Crippen molar-refractivity contribution in [2.45, 2.75) is 40.3 Å². The van der Waals surface area contributed by atoms with E-state index in [1.165, 1.54) is 11.1 Å². The van der Waals surface area contributed by atoms with E-state index in [0.29, 0.717) is 13.2 Å². The summed E-state index contributed by atoms with van der Waals surface area (Å²) in [5.74, 6) is 0.840. The molecule has 0 aliphatic carbocycles. The number of benzene rings is 1. The highest BCUT2D eigenvalue weighted by Gasteiger charge is 2.11. The third-order valence-electron chi connectivity index (χ3n) is 4.33. The van der Waals surface area contributed by atoms with Crippen LogP contribution in [0.1, 0.15) is 29.4 Å². The number of methoxy groups -OCH3 is 1. The number of aryl methyl sites for hydroxylation is 1. The van der Waals surface area contributed by atoms with Gasteiger partial charge in [-0.25, -0.2) is 4.99 Å². The highest BCUT2D eigenvalue weighted by atomic mass is 127. The Bertz CT molecular complexity index is 700. The SMILES string of the molecule is CCNC(=NCc1c(C)nn(CCOC)c1C)NCCc1ccccc1.I. The minimum atomic E-state index is 0. The Labute approximate surface area is 179 Å². The van der Waals surface area contributed by atoms with Gasteiger partial charge in [0.15, 0.2) is 5.96 Å². The van der Waals surface area contributed by atoms with Crippen LogP contribution in [0.5, 0.6) is 0 Å². The summed E-state index contributed by atoms with van der Waals surface area (Å²) in [5.41, 5.74) is 4.69. The van der Waals surface area contributed by atoms with Gasteiger partial charge in [0.25, 0.3) is 0 Å². The molecule has 0 amide bonds. The fourth-order valence-electron chi connectivity index (χ4n) is 2.83. The number of aliphatic imine (C=N–C) groups is 1. The molecule has 0 unspecified atom stereocenters. The number of hydrogen-bond acceptors (Lipinski definition) is 3. The predicted molar refractivity (Wildman–Crippen MR) is 122 cm³/mol. The van der Waals surface area contributed by atoms with Gasteiger partial charge in [0, 0.05) is 31.5 Å². The number of nitrogens with one attached hydrogen (secondary N) is 2. The normalized spacial score (nSPS) is 11.2. The van der Waals surface area contributed by atoms with Crippen molar-refractivity contribution in [3.63, 3.8) is 0 Å². The van der Waals surface area contributed by atoms with Gasteiger partial charge >= 0.3 is 0 Å². The standard InChI is InChI=1S/C20H31N5O.HI/c1-5-21-20(22-12-11-18-9-7-6-8-10-18)23-15-19-16(2)24-25(17(19)3)13-14-26-4;/h6-10H,5,11-15H2,1-4H3,(H2,21,22,23);1H. The quantitative estimate of drug-likeness (QED) is 0.326. The maximum Gasteiger partial charge on any atom is 0.191 e. The van der Waals surface area contributed by atoms with E-state index in [4.69, 9.17) is 9.73 Å². The minimum absolute atomic E-state index is 0. The number of halogens is 1. The van der Waals surface area contributed by atoms with Crippen molar-refractivity contribution in [2.75, 3.05) is 26.8 Å². The average Bonchev–Trinajstić information content (AvgIpc) is 2.92. The Hall–Kier alpha value is -1.61. The highest BCUT2D eigenvalue weighted by Crippen LogP contribution is 2.14. The second kappa shape index (κ2) is 12.7. The van der Waals surface area contributed by atoms with E-state index >= 15 is 0 Å². The second-order valence-corrected chi connectivity index (χ2v) is 6.22. The number of aromatic nitrogens is 2. The van der Waals surface area contributed by atoms with Gasteiger partial charge in [-0.1, -0.05) is 30.3 Å². The zero-order chi connectivity index (χ0) is 18.8. The third-order valence-corrected chi connectivity index (χ3v) is 4.33. The third kappa shape index (κ3) is 7.50. The summed E-state index contributed by atoms with van der Waals surface area (Å²) in [6, 6.07) is 10.5. The monoisotopic (exact) mass is 485 g/mol. The van der Waals surface area contributed by atoms with Crippen molar-refractivity contribution < 1.29 is 4.74 Å². The summed E-state index contributed by atoms with van der Waals surface area (Å²) >= 11 is 0. The van der Waals surface area contributed by atoms with Crippen LogP contribution in [0.3, 0.4) is 0 Å². The fourth-order valence-corrected chi connectivity index (χ4v) is 2.83. The Morgan fingerprint density at radius 1 is 1.19 bits per heavy atom. The topological polar surface area (TPSA) is 63.5 Å². The van der Waals surface area contributed by atoms with Crippen LogP contribution in [0.2, 0.25) is 0 Å². The number of rotatable bonds is 9. The summed E-state index contributed by atoms with van der Waals surface area (Å²) in [7, 11) is 1.71. The van der Waals surface area contributed by atoms with Crippen LogP contribution >= 0.6 is 24.0 Å². The van der Waals surface area contributed by atoms with Gasteiger partial charge in [-0.3, -0.25) is 4.68 Å².